The minimum absolute atomic E-state index is 0.186. The van der Waals surface area contributed by atoms with Crippen molar-refractivity contribution in [2.75, 3.05) is 25.4 Å². The topological polar surface area (TPSA) is 66.5 Å². The number of nitrogens with zero attached hydrogens (tertiary/aromatic N) is 1. The summed E-state index contributed by atoms with van der Waals surface area (Å²) in [5.74, 6) is 1.33. The van der Waals surface area contributed by atoms with E-state index in [1.54, 1.807) is 23.9 Å². The van der Waals surface area contributed by atoms with E-state index in [0.717, 1.165) is 40.5 Å². The highest BCUT2D eigenvalue weighted by Gasteiger charge is 2.28. The lowest BCUT2D eigenvalue weighted by Crippen LogP contribution is -2.29. The van der Waals surface area contributed by atoms with E-state index in [0.29, 0.717) is 25.2 Å². The molecule has 156 valence electrons. The number of hydrogen-bond acceptors (Lipinski definition) is 4. The fourth-order valence-corrected chi connectivity index (χ4v) is 5.80. The van der Waals surface area contributed by atoms with Gasteiger partial charge in [-0.15, -0.1) is 0 Å². The Labute approximate surface area is 181 Å². The molecule has 0 radical (unpaired) electrons. The second kappa shape index (κ2) is 9.98. The van der Waals surface area contributed by atoms with Crippen LogP contribution in [0.25, 0.3) is 0 Å². The smallest absolute Gasteiger partial charge is 0.251 e. The van der Waals surface area contributed by atoms with Crippen molar-refractivity contribution in [3.05, 3.63) is 64.2 Å². The normalized spacial score (nSPS) is 14.8. The van der Waals surface area contributed by atoms with Gasteiger partial charge in [0.2, 0.25) is 10.0 Å². The second-order valence-electron chi connectivity index (χ2n) is 7.03. The number of rotatable bonds is 8. The SMILES string of the molecule is Cc1ccc(S(=O)(=O)N2CCCC2)cc1C(=O)NCCSCc1cccc(Cl)c1. The third-order valence-corrected chi connectivity index (χ3v) is 8.01. The lowest BCUT2D eigenvalue weighted by atomic mass is 10.1. The van der Waals surface area contributed by atoms with Crippen molar-refractivity contribution in [2.24, 2.45) is 0 Å². The van der Waals surface area contributed by atoms with Crippen LogP contribution in [0.4, 0.5) is 0 Å². The van der Waals surface area contributed by atoms with Crippen molar-refractivity contribution < 1.29 is 13.2 Å². The van der Waals surface area contributed by atoms with E-state index in [-0.39, 0.29) is 10.8 Å². The monoisotopic (exact) mass is 452 g/mol. The number of aryl methyl sites for hydroxylation is 1. The van der Waals surface area contributed by atoms with Gasteiger partial charge in [0.25, 0.3) is 5.91 Å². The summed E-state index contributed by atoms with van der Waals surface area (Å²) >= 11 is 7.69. The lowest BCUT2D eigenvalue weighted by molar-refractivity contribution is 0.0955. The highest BCUT2D eigenvalue weighted by Crippen LogP contribution is 2.23. The number of nitrogens with one attached hydrogen (secondary N) is 1. The summed E-state index contributed by atoms with van der Waals surface area (Å²) in [6.07, 6.45) is 1.76. The van der Waals surface area contributed by atoms with Crippen molar-refractivity contribution in [3.8, 4) is 0 Å². The van der Waals surface area contributed by atoms with Crippen LogP contribution < -0.4 is 5.32 Å². The number of benzene rings is 2. The molecule has 0 atom stereocenters. The van der Waals surface area contributed by atoms with Gasteiger partial charge in [0.15, 0.2) is 0 Å². The van der Waals surface area contributed by atoms with E-state index in [4.69, 9.17) is 11.6 Å². The van der Waals surface area contributed by atoms with Gasteiger partial charge in [-0.2, -0.15) is 16.1 Å². The number of amides is 1. The molecule has 1 aliphatic heterocycles. The summed E-state index contributed by atoms with van der Waals surface area (Å²) in [6.45, 7) is 3.41. The quantitative estimate of drug-likeness (QED) is 0.612. The number of carbonyl (C=O) groups excluding carboxylic acids is 1. The molecule has 29 heavy (non-hydrogen) atoms. The minimum atomic E-state index is -3.54. The molecule has 2 aromatic carbocycles. The molecule has 1 aliphatic rings. The van der Waals surface area contributed by atoms with Gasteiger partial charge in [-0.05, 0) is 55.2 Å². The number of halogens is 1. The predicted molar refractivity (Wildman–Crippen MR) is 119 cm³/mol. The molecule has 1 saturated heterocycles. The molecule has 1 amide bonds. The van der Waals surface area contributed by atoms with Crippen molar-refractivity contribution in [1.82, 2.24) is 9.62 Å². The number of hydrogen-bond donors (Lipinski definition) is 1. The molecule has 0 aromatic heterocycles. The summed E-state index contributed by atoms with van der Waals surface area (Å²) in [6, 6.07) is 12.5. The summed E-state index contributed by atoms with van der Waals surface area (Å²) in [4.78, 5) is 12.8. The van der Waals surface area contributed by atoms with E-state index in [9.17, 15) is 13.2 Å². The van der Waals surface area contributed by atoms with Gasteiger partial charge in [-0.3, -0.25) is 4.79 Å². The molecule has 1 heterocycles. The zero-order valence-electron chi connectivity index (χ0n) is 16.4. The Hall–Kier alpha value is -1.54. The maximum Gasteiger partial charge on any atom is 0.251 e. The van der Waals surface area contributed by atoms with Gasteiger partial charge >= 0.3 is 0 Å². The Morgan fingerprint density at radius 3 is 2.66 bits per heavy atom. The van der Waals surface area contributed by atoms with E-state index >= 15 is 0 Å². The molecule has 1 N–H and O–H groups in total. The Kier molecular flexibility index (Phi) is 7.62. The second-order valence-corrected chi connectivity index (χ2v) is 10.5. The van der Waals surface area contributed by atoms with E-state index in [1.165, 1.54) is 10.4 Å². The van der Waals surface area contributed by atoms with Crippen LogP contribution in [0.15, 0.2) is 47.4 Å². The Bertz CT molecular complexity index is 974. The molecular formula is C21H25ClN2O3S2. The fraction of sp³-hybridized carbons (Fsp3) is 0.381. The van der Waals surface area contributed by atoms with Gasteiger partial charge in [0.05, 0.1) is 4.90 Å². The largest absolute Gasteiger partial charge is 0.351 e. The summed E-state index contributed by atoms with van der Waals surface area (Å²) in [5, 5.41) is 3.61. The molecule has 1 fully saturated rings. The van der Waals surface area contributed by atoms with Crippen LogP contribution >= 0.6 is 23.4 Å². The first-order valence-electron chi connectivity index (χ1n) is 9.59. The van der Waals surface area contributed by atoms with E-state index < -0.39 is 10.0 Å². The molecule has 0 saturated carbocycles. The maximum atomic E-state index is 12.8. The first kappa shape index (κ1) is 22.2. The Morgan fingerprint density at radius 1 is 1.17 bits per heavy atom. The molecule has 0 aliphatic carbocycles. The standard InChI is InChI=1S/C21H25ClN2O3S2/c1-16-7-8-19(29(26,27)24-10-2-3-11-24)14-20(16)21(25)23-9-12-28-15-17-5-4-6-18(22)13-17/h4-8,13-14H,2-3,9-12,15H2,1H3,(H,23,25). The van der Waals surface area contributed by atoms with Gasteiger partial charge in [-0.25, -0.2) is 8.42 Å². The first-order valence-corrected chi connectivity index (χ1v) is 12.6. The molecule has 0 unspecified atom stereocenters. The van der Waals surface area contributed by atoms with Crippen molar-refractivity contribution >= 4 is 39.3 Å². The zero-order valence-corrected chi connectivity index (χ0v) is 18.7. The average molecular weight is 453 g/mol. The van der Waals surface area contributed by atoms with Crippen LogP contribution in [0.3, 0.4) is 0 Å². The summed E-state index contributed by atoms with van der Waals surface area (Å²) in [5.41, 5.74) is 2.31. The fourth-order valence-electron chi connectivity index (χ4n) is 3.23. The molecule has 2 aromatic rings. The van der Waals surface area contributed by atoms with Crippen LogP contribution in [0, 0.1) is 6.92 Å². The molecule has 0 bridgehead atoms. The predicted octanol–water partition coefficient (Wildman–Crippen LogP) is 4.10. The third kappa shape index (κ3) is 5.75. The molecule has 5 nitrogen and oxygen atoms in total. The first-order chi connectivity index (χ1) is 13.9. The number of thioether (sulfide) groups is 1. The average Bonchev–Trinajstić information content (AvgIpc) is 3.23. The van der Waals surface area contributed by atoms with Crippen LogP contribution in [0.5, 0.6) is 0 Å². The van der Waals surface area contributed by atoms with Gasteiger partial charge in [0, 0.05) is 41.7 Å². The third-order valence-electron chi connectivity index (χ3n) is 4.85. The van der Waals surface area contributed by atoms with Crippen molar-refractivity contribution in [3.63, 3.8) is 0 Å². The van der Waals surface area contributed by atoms with Gasteiger partial charge < -0.3 is 5.32 Å². The van der Waals surface area contributed by atoms with Gasteiger partial charge in [-0.1, -0.05) is 29.8 Å². The molecule has 0 spiro atoms. The van der Waals surface area contributed by atoms with E-state index in [2.05, 4.69) is 5.32 Å². The highest BCUT2D eigenvalue weighted by molar-refractivity contribution is 7.98. The Morgan fingerprint density at radius 2 is 1.93 bits per heavy atom. The van der Waals surface area contributed by atoms with E-state index in [1.807, 2.05) is 31.2 Å². The molecule has 8 heteroatoms. The highest BCUT2D eigenvalue weighted by atomic mass is 35.5. The van der Waals surface area contributed by atoms with Gasteiger partial charge in [0.1, 0.15) is 0 Å². The van der Waals surface area contributed by atoms with Crippen molar-refractivity contribution in [1.29, 1.82) is 0 Å². The number of sulfonamides is 1. The van der Waals surface area contributed by atoms with Crippen molar-refractivity contribution in [2.45, 2.75) is 30.4 Å². The maximum absolute atomic E-state index is 12.8. The molecular weight excluding hydrogens is 428 g/mol. The van der Waals surface area contributed by atoms with Crippen LogP contribution in [-0.4, -0.2) is 44.0 Å². The summed E-state index contributed by atoms with van der Waals surface area (Å²) in [7, 11) is -3.54. The van der Waals surface area contributed by atoms with Crippen LogP contribution in [-0.2, 0) is 15.8 Å². The Balaban J connectivity index is 1.56. The zero-order chi connectivity index (χ0) is 20.9. The molecule has 3 rings (SSSR count). The van der Waals surface area contributed by atoms with Crippen LogP contribution in [0.2, 0.25) is 5.02 Å². The lowest BCUT2D eigenvalue weighted by Gasteiger charge is -2.17. The minimum Gasteiger partial charge on any atom is -0.351 e. The number of carbonyl (C=O) groups is 1. The van der Waals surface area contributed by atoms with Crippen LogP contribution in [0.1, 0.15) is 34.3 Å². The summed E-state index contributed by atoms with van der Waals surface area (Å²) < 4.78 is 27.0.